The van der Waals surface area contributed by atoms with E-state index < -0.39 is 23.3 Å². The summed E-state index contributed by atoms with van der Waals surface area (Å²) in [6.07, 6.45) is 1.88. The number of carboxylic acids is 1. The van der Waals surface area contributed by atoms with E-state index in [4.69, 9.17) is 5.11 Å². The van der Waals surface area contributed by atoms with Gasteiger partial charge in [0.15, 0.2) is 0 Å². The van der Waals surface area contributed by atoms with Gasteiger partial charge in [-0.15, -0.1) is 16.2 Å². The molecule has 9 heteroatoms. The molecule has 1 aliphatic heterocycles. The van der Waals surface area contributed by atoms with E-state index in [9.17, 15) is 13.6 Å². The van der Waals surface area contributed by atoms with Crippen molar-refractivity contribution in [2.45, 2.75) is 24.3 Å². The van der Waals surface area contributed by atoms with Crippen molar-refractivity contribution in [3.8, 4) is 11.8 Å². The summed E-state index contributed by atoms with van der Waals surface area (Å²) in [6.45, 7) is 4.02. The number of fused-ring (bicyclic) bond motifs is 1. The molecule has 7 nitrogen and oxygen atoms in total. The minimum Gasteiger partial charge on any atom is -0.481 e. The average molecular weight is 524 g/mol. The molecule has 1 saturated heterocycles. The van der Waals surface area contributed by atoms with Crippen LogP contribution in [0.15, 0.2) is 65.6 Å². The number of thioether (sulfide) groups is 1. The average Bonchev–Trinajstić information content (AvgIpc) is 2.87. The van der Waals surface area contributed by atoms with Crippen molar-refractivity contribution in [1.29, 1.82) is 0 Å². The van der Waals surface area contributed by atoms with E-state index >= 15 is 0 Å². The van der Waals surface area contributed by atoms with Crippen LogP contribution in [0.3, 0.4) is 0 Å². The van der Waals surface area contributed by atoms with E-state index in [0.717, 1.165) is 16.8 Å². The molecule has 3 aromatic rings. The molecule has 0 saturated carbocycles. The first kappa shape index (κ1) is 26.2. The van der Waals surface area contributed by atoms with Crippen LogP contribution < -0.4 is 4.90 Å². The first-order valence-electron chi connectivity index (χ1n) is 11.7. The van der Waals surface area contributed by atoms with Crippen LogP contribution >= 0.6 is 11.8 Å². The van der Waals surface area contributed by atoms with Crippen LogP contribution in [-0.4, -0.2) is 67.7 Å². The molecule has 1 aliphatic rings. The van der Waals surface area contributed by atoms with Crippen molar-refractivity contribution in [3.05, 3.63) is 71.8 Å². The number of rotatable bonds is 7. The van der Waals surface area contributed by atoms with E-state index in [1.54, 1.807) is 23.7 Å². The second kappa shape index (κ2) is 11.9. The number of carbonyl (C=O) groups is 1. The summed E-state index contributed by atoms with van der Waals surface area (Å²) in [5.41, 5.74) is 2.97. The van der Waals surface area contributed by atoms with Gasteiger partial charge in [0.1, 0.15) is 0 Å². The van der Waals surface area contributed by atoms with Gasteiger partial charge in [0.2, 0.25) is 11.3 Å². The maximum absolute atomic E-state index is 11.8. The van der Waals surface area contributed by atoms with Crippen molar-refractivity contribution in [1.82, 2.24) is 9.42 Å². The lowest BCUT2D eigenvalue weighted by atomic mass is 10.1. The Balaban J connectivity index is 1.40. The molecular formula is C27H29N3O4S2. The standard InChI is InChI=1S/C27H29N3O4S2/c1-20(18-27(31)32)30(36(33)34)29-16-14-28(15-17-29)24-12-9-21(10-13-24)6-7-22-8-11-23-4-3-5-26(35-2)25(23)19-22/h3-5,8-13,19-20H,14-18H2,1-2H3,(H,31,32)(H,33,34). The van der Waals surface area contributed by atoms with Crippen LogP contribution in [0.25, 0.3) is 10.8 Å². The Kier molecular flexibility index (Phi) is 8.67. The van der Waals surface area contributed by atoms with Gasteiger partial charge < -0.3 is 10.0 Å². The van der Waals surface area contributed by atoms with Crippen LogP contribution in [0.1, 0.15) is 24.5 Å². The summed E-state index contributed by atoms with van der Waals surface area (Å²) in [7, 11) is 0. The monoisotopic (exact) mass is 523 g/mol. The fourth-order valence-electron chi connectivity index (χ4n) is 4.41. The number of anilines is 1. The Labute approximate surface area is 218 Å². The van der Waals surface area contributed by atoms with Crippen LogP contribution in [0.5, 0.6) is 0 Å². The second-order valence-corrected chi connectivity index (χ2v) is 10.3. The van der Waals surface area contributed by atoms with Crippen molar-refractivity contribution in [2.24, 2.45) is 0 Å². The van der Waals surface area contributed by atoms with Gasteiger partial charge in [0, 0.05) is 53.9 Å². The summed E-state index contributed by atoms with van der Waals surface area (Å²) in [6, 6.07) is 20.1. The van der Waals surface area contributed by atoms with Crippen LogP contribution in [0.4, 0.5) is 5.69 Å². The molecule has 0 aromatic heterocycles. The van der Waals surface area contributed by atoms with Crippen molar-refractivity contribution in [3.63, 3.8) is 0 Å². The highest BCUT2D eigenvalue weighted by molar-refractivity contribution is 7.98. The lowest BCUT2D eigenvalue weighted by Gasteiger charge is -2.41. The van der Waals surface area contributed by atoms with Gasteiger partial charge in [-0.25, -0.2) is 9.22 Å². The molecule has 1 heterocycles. The topological polar surface area (TPSA) is 84.3 Å². The third-order valence-corrected chi connectivity index (χ3v) is 7.89. The number of carboxylic acid groups (broad SMARTS) is 1. The van der Waals surface area contributed by atoms with Gasteiger partial charge in [0.05, 0.1) is 6.42 Å². The molecule has 2 atom stereocenters. The lowest BCUT2D eigenvalue weighted by molar-refractivity contribution is -0.139. The predicted molar refractivity (Wildman–Crippen MR) is 146 cm³/mol. The van der Waals surface area contributed by atoms with Gasteiger partial charge in [-0.2, -0.15) is 0 Å². The molecule has 36 heavy (non-hydrogen) atoms. The SMILES string of the molecule is CSc1cccc2ccc(C#Cc3ccc(N4CCN(N(C(C)CC(=O)O)S(=O)O)CC4)cc3)cc12. The Morgan fingerprint density at radius 3 is 2.36 bits per heavy atom. The summed E-state index contributed by atoms with van der Waals surface area (Å²) in [5, 5.41) is 13.2. The minimum atomic E-state index is -2.27. The molecule has 2 N–H and O–H groups in total. The first-order chi connectivity index (χ1) is 17.4. The fourth-order valence-corrected chi connectivity index (χ4v) is 5.77. The molecule has 0 amide bonds. The van der Waals surface area contributed by atoms with Crippen molar-refractivity contribution >= 4 is 45.5 Å². The molecular weight excluding hydrogens is 494 g/mol. The van der Waals surface area contributed by atoms with Crippen LogP contribution in [0.2, 0.25) is 0 Å². The Morgan fingerprint density at radius 1 is 1.06 bits per heavy atom. The largest absolute Gasteiger partial charge is 0.481 e. The molecule has 0 aliphatic carbocycles. The van der Waals surface area contributed by atoms with Crippen molar-refractivity contribution < 1.29 is 18.7 Å². The number of hydrogen-bond donors (Lipinski definition) is 2. The number of hydrazine groups is 1. The smallest absolute Gasteiger partial charge is 0.305 e. The molecule has 3 aromatic carbocycles. The number of nitrogens with zero attached hydrogens (tertiary/aromatic N) is 3. The van der Waals surface area contributed by atoms with E-state index in [1.165, 1.54) is 20.1 Å². The maximum atomic E-state index is 11.8. The lowest BCUT2D eigenvalue weighted by Crippen LogP contribution is -2.57. The molecule has 1 fully saturated rings. The predicted octanol–water partition coefficient (Wildman–Crippen LogP) is 4.30. The summed E-state index contributed by atoms with van der Waals surface area (Å²) in [5.74, 6) is 5.54. The van der Waals surface area contributed by atoms with Gasteiger partial charge in [-0.3, -0.25) is 9.35 Å². The molecule has 0 radical (unpaired) electrons. The summed E-state index contributed by atoms with van der Waals surface area (Å²) in [4.78, 5) is 14.5. The highest BCUT2D eigenvalue weighted by atomic mass is 32.2. The Bertz CT molecular complexity index is 1310. The van der Waals surface area contributed by atoms with Crippen molar-refractivity contribution in [2.75, 3.05) is 37.3 Å². The molecule has 0 bridgehead atoms. The molecule has 188 valence electrons. The van der Waals surface area contributed by atoms with Gasteiger partial charge in [0.25, 0.3) is 0 Å². The van der Waals surface area contributed by atoms with Gasteiger partial charge in [-0.05, 0) is 66.4 Å². The van der Waals surface area contributed by atoms with E-state index in [-0.39, 0.29) is 6.42 Å². The second-order valence-electron chi connectivity index (χ2n) is 8.61. The molecule has 0 spiro atoms. The van der Waals surface area contributed by atoms with E-state index in [2.05, 4.69) is 53.3 Å². The summed E-state index contributed by atoms with van der Waals surface area (Å²) >= 11 is -0.540. The summed E-state index contributed by atoms with van der Waals surface area (Å²) < 4.78 is 22.8. The highest BCUT2D eigenvalue weighted by Gasteiger charge is 2.30. The third kappa shape index (κ3) is 6.27. The highest BCUT2D eigenvalue weighted by Crippen LogP contribution is 2.27. The third-order valence-electron chi connectivity index (χ3n) is 6.19. The first-order valence-corrected chi connectivity index (χ1v) is 13.9. The minimum absolute atomic E-state index is 0.201. The number of piperazine rings is 1. The molecule has 2 unspecified atom stereocenters. The Hall–Kier alpha value is -2.87. The zero-order valence-electron chi connectivity index (χ0n) is 20.3. The van der Waals surface area contributed by atoms with Gasteiger partial charge >= 0.3 is 5.97 Å². The Morgan fingerprint density at radius 2 is 1.72 bits per heavy atom. The van der Waals surface area contributed by atoms with Crippen LogP contribution in [0, 0.1) is 11.8 Å². The quantitative estimate of drug-likeness (QED) is 0.271. The number of aliphatic carboxylic acids is 1. The maximum Gasteiger partial charge on any atom is 0.305 e. The van der Waals surface area contributed by atoms with E-state index in [1.807, 2.05) is 30.3 Å². The van der Waals surface area contributed by atoms with E-state index in [0.29, 0.717) is 26.2 Å². The zero-order chi connectivity index (χ0) is 25.7. The number of hydrogen-bond acceptors (Lipinski definition) is 5. The fraction of sp³-hybridized carbons (Fsp3) is 0.296. The van der Waals surface area contributed by atoms with Gasteiger partial charge in [-0.1, -0.05) is 30.0 Å². The molecule has 4 rings (SSSR count). The zero-order valence-corrected chi connectivity index (χ0v) is 21.9. The van der Waals surface area contributed by atoms with Crippen LogP contribution in [-0.2, 0) is 16.1 Å². The normalized spacial score (nSPS) is 15.9. The number of benzene rings is 3.